The number of halogens is 1. The highest BCUT2D eigenvalue weighted by molar-refractivity contribution is 5.96. The van der Waals surface area contributed by atoms with Crippen LogP contribution in [0, 0.1) is 5.92 Å². The van der Waals surface area contributed by atoms with Crippen LogP contribution < -0.4 is 16.2 Å². The maximum atomic E-state index is 12.9. The molecule has 1 aromatic carbocycles. The summed E-state index contributed by atoms with van der Waals surface area (Å²) in [5.41, 5.74) is 0.0786. The van der Waals surface area contributed by atoms with Gasteiger partial charge in [0.05, 0.1) is 6.04 Å². The van der Waals surface area contributed by atoms with Crippen molar-refractivity contribution in [2.75, 3.05) is 26.2 Å². The molecule has 2 aliphatic rings. The average Bonchev–Trinajstić information content (AvgIpc) is 3.27. The van der Waals surface area contributed by atoms with E-state index in [1.807, 2.05) is 18.2 Å². The number of benzene rings is 1. The molecule has 3 heterocycles. The lowest BCUT2D eigenvalue weighted by Gasteiger charge is -2.33. The van der Waals surface area contributed by atoms with Gasteiger partial charge in [-0.15, -0.1) is 12.4 Å². The van der Waals surface area contributed by atoms with Crippen LogP contribution in [0.25, 0.3) is 10.8 Å². The van der Waals surface area contributed by atoms with Gasteiger partial charge in [-0.25, -0.2) is 0 Å². The van der Waals surface area contributed by atoms with Gasteiger partial charge in [-0.1, -0.05) is 18.2 Å². The van der Waals surface area contributed by atoms with E-state index in [1.54, 1.807) is 17.0 Å². The number of pyridine rings is 1. The first-order valence-electron chi connectivity index (χ1n) is 10.0. The van der Waals surface area contributed by atoms with Gasteiger partial charge < -0.3 is 20.5 Å². The Morgan fingerprint density at radius 3 is 2.79 bits per heavy atom. The molecule has 2 amide bonds. The quantitative estimate of drug-likeness (QED) is 0.704. The average molecular weight is 419 g/mol. The second kappa shape index (κ2) is 9.41. The number of carbonyl (C=O) groups is 2. The lowest BCUT2D eigenvalue weighted by molar-refractivity contribution is -0.123. The molecular formula is C21H27ClN4O3. The summed E-state index contributed by atoms with van der Waals surface area (Å²) in [5, 5.41) is 7.58. The Morgan fingerprint density at radius 1 is 1.17 bits per heavy atom. The summed E-state index contributed by atoms with van der Waals surface area (Å²) in [6, 6.07) is 8.92. The molecule has 156 valence electrons. The predicted octanol–water partition coefficient (Wildman–Crippen LogP) is 1.67. The molecule has 0 saturated carbocycles. The van der Waals surface area contributed by atoms with Gasteiger partial charge in [0.1, 0.15) is 5.69 Å². The first-order chi connectivity index (χ1) is 13.6. The second-order valence-electron chi connectivity index (χ2n) is 7.75. The highest BCUT2D eigenvalue weighted by Crippen LogP contribution is 2.19. The number of piperidine rings is 1. The van der Waals surface area contributed by atoms with Gasteiger partial charge >= 0.3 is 0 Å². The molecule has 0 radical (unpaired) electrons. The lowest BCUT2D eigenvalue weighted by Crippen LogP contribution is -2.47. The number of nitrogens with one attached hydrogen (secondary N) is 3. The zero-order valence-corrected chi connectivity index (χ0v) is 17.1. The Balaban J connectivity index is 0.00000240. The number of hydrogen-bond donors (Lipinski definition) is 3. The maximum absolute atomic E-state index is 12.9. The van der Waals surface area contributed by atoms with Crippen LogP contribution in [0.15, 0.2) is 35.1 Å². The van der Waals surface area contributed by atoms with E-state index < -0.39 is 0 Å². The molecule has 0 bridgehead atoms. The number of carbonyl (C=O) groups excluding carboxylic acids is 2. The third kappa shape index (κ3) is 4.79. The number of nitrogens with zero attached hydrogens (tertiary/aromatic N) is 1. The van der Waals surface area contributed by atoms with E-state index in [4.69, 9.17) is 0 Å². The zero-order chi connectivity index (χ0) is 19.5. The van der Waals surface area contributed by atoms with Gasteiger partial charge in [0.15, 0.2) is 0 Å². The minimum absolute atomic E-state index is 0. The molecule has 1 aromatic heterocycles. The monoisotopic (exact) mass is 418 g/mol. The molecule has 29 heavy (non-hydrogen) atoms. The zero-order valence-electron chi connectivity index (χ0n) is 16.3. The van der Waals surface area contributed by atoms with E-state index in [1.165, 1.54) is 0 Å². The van der Waals surface area contributed by atoms with Crippen molar-refractivity contribution in [2.45, 2.75) is 31.7 Å². The molecule has 2 atom stereocenters. The van der Waals surface area contributed by atoms with Gasteiger partial charge in [0.2, 0.25) is 5.91 Å². The molecule has 2 aromatic rings. The number of aromatic nitrogens is 1. The fourth-order valence-electron chi connectivity index (χ4n) is 4.19. The molecule has 3 N–H and O–H groups in total. The third-order valence-corrected chi connectivity index (χ3v) is 5.73. The van der Waals surface area contributed by atoms with Crippen LogP contribution >= 0.6 is 12.4 Å². The summed E-state index contributed by atoms with van der Waals surface area (Å²) < 4.78 is 0. The molecule has 2 saturated heterocycles. The topological polar surface area (TPSA) is 94.3 Å². The van der Waals surface area contributed by atoms with E-state index in [9.17, 15) is 14.4 Å². The lowest BCUT2D eigenvalue weighted by atomic mass is 9.97. The standard InChI is InChI=1S/C21H26N4O3.ClH/c26-19-16-7-2-1-6-15(16)11-18(24-19)21(28)25-10-4-5-14(13-25)12-23-20(27)17-8-3-9-22-17;/h1-2,6-7,11,14,17,22H,3-5,8-10,12-13H2,(H,23,27)(H,24,26);1H. The van der Waals surface area contributed by atoms with Crippen LogP contribution in [-0.4, -0.2) is 53.9 Å². The number of H-pyrrole nitrogens is 1. The summed E-state index contributed by atoms with van der Waals surface area (Å²) in [6.45, 7) is 2.73. The number of likely N-dealkylation sites (tertiary alicyclic amines) is 1. The smallest absolute Gasteiger partial charge is 0.270 e. The molecule has 4 rings (SSSR count). The van der Waals surface area contributed by atoms with Gasteiger partial charge in [-0.05, 0) is 55.7 Å². The minimum atomic E-state index is -0.244. The summed E-state index contributed by atoms with van der Waals surface area (Å²) >= 11 is 0. The van der Waals surface area contributed by atoms with Crippen molar-refractivity contribution in [3.63, 3.8) is 0 Å². The summed E-state index contributed by atoms with van der Waals surface area (Å²) in [6.07, 6.45) is 3.80. The SMILES string of the molecule is Cl.O=C(NCC1CCCN(C(=O)c2cc3ccccc3c(=O)[nH]2)C1)C1CCCN1. The van der Waals surface area contributed by atoms with E-state index in [-0.39, 0.29) is 41.7 Å². The first kappa shape index (κ1) is 21.3. The first-order valence-corrected chi connectivity index (χ1v) is 10.0. The molecule has 0 aliphatic carbocycles. The fraction of sp³-hybridized carbons (Fsp3) is 0.476. The van der Waals surface area contributed by atoms with Gasteiger partial charge in [-0.3, -0.25) is 14.4 Å². The minimum Gasteiger partial charge on any atom is -0.354 e. The van der Waals surface area contributed by atoms with Crippen molar-refractivity contribution < 1.29 is 9.59 Å². The van der Waals surface area contributed by atoms with Crippen molar-refractivity contribution >= 4 is 35.0 Å². The van der Waals surface area contributed by atoms with Crippen LogP contribution in [0.4, 0.5) is 0 Å². The Bertz CT molecular complexity index is 939. The van der Waals surface area contributed by atoms with Crippen LogP contribution in [-0.2, 0) is 4.79 Å². The molecular weight excluding hydrogens is 392 g/mol. The largest absolute Gasteiger partial charge is 0.354 e. The predicted molar refractivity (Wildman–Crippen MR) is 114 cm³/mol. The van der Waals surface area contributed by atoms with Crippen LogP contribution in [0.1, 0.15) is 36.2 Å². The molecule has 2 fully saturated rings. The van der Waals surface area contributed by atoms with Gasteiger partial charge in [0, 0.05) is 25.0 Å². The molecule has 8 heteroatoms. The van der Waals surface area contributed by atoms with Crippen molar-refractivity contribution in [2.24, 2.45) is 5.92 Å². The van der Waals surface area contributed by atoms with Crippen molar-refractivity contribution in [3.05, 3.63) is 46.4 Å². The molecule has 7 nitrogen and oxygen atoms in total. The van der Waals surface area contributed by atoms with Crippen LogP contribution in [0.3, 0.4) is 0 Å². The Morgan fingerprint density at radius 2 is 2.00 bits per heavy atom. The summed E-state index contributed by atoms with van der Waals surface area (Å²) in [5.74, 6) is 0.131. The number of fused-ring (bicyclic) bond motifs is 1. The Labute approximate surface area is 175 Å². The number of aromatic amines is 1. The van der Waals surface area contributed by atoms with Crippen molar-refractivity contribution in [1.82, 2.24) is 20.5 Å². The Hall–Kier alpha value is -2.38. The Kier molecular flexibility index (Phi) is 6.92. The van der Waals surface area contributed by atoms with Crippen molar-refractivity contribution in [3.8, 4) is 0 Å². The van der Waals surface area contributed by atoms with Gasteiger partial charge in [0.25, 0.3) is 11.5 Å². The van der Waals surface area contributed by atoms with E-state index in [0.717, 1.165) is 37.6 Å². The number of hydrogen-bond acceptors (Lipinski definition) is 4. The molecule has 2 aliphatic heterocycles. The van der Waals surface area contributed by atoms with Crippen LogP contribution in [0.2, 0.25) is 0 Å². The van der Waals surface area contributed by atoms with Gasteiger partial charge in [-0.2, -0.15) is 0 Å². The molecule has 0 spiro atoms. The summed E-state index contributed by atoms with van der Waals surface area (Å²) in [7, 11) is 0. The number of amides is 2. The second-order valence-corrected chi connectivity index (χ2v) is 7.75. The van der Waals surface area contributed by atoms with E-state index in [0.29, 0.717) is 30.7 Å². The fourth-order valence-corrected chi connectivity index (χ4v) is 4.19. The third-order valence-electron chi connectivity index (χ3n) is 5.73. The highest BCUT2D eigenvalue weighted by Gasteiger charge is 2.27. The van der Waals surface area contributed by atoms with E-state index >= 15 is 0 Å². The molecule has 2 unspecified atom stereocenters. The summed E-state index contributed by atoms with van der Waals surface area (Å²) in [4.78, 5) is 41.9. The highest BCUT2D eigenvalue weighted by atomic mass is 35.5. The van der Waals surface area contributed by atoms with E-state index in [2.05, 4.69) is 15.6 Å². The number of rotatable bonds is 4. The normalized spacial score (nSPS) is 21.6. The van der Waals surface area contributed by atoms with Crippen LogP contribution in [0.5, 0.6) is 0 Å². The van der Waals surface area contributed by atoms with Crippen molar-refractivity contribution in [1.29, 1.82) is 0 Å². The maximum Gasteiger partial charge on any atom is 0.270 e.